The van der Waals surface area contributed by atoms with Crippen LogP contribution in [0.3, 0.4) is 0 Å². The van der Waals surface area contributed by atoms with Crippen molar-refractivity contribution < 1.29 is 4.79 Å². The fourth-order valence-electron chi connectivity index (χ4n) is 1.81. The molecule has 0 aromatic carbocycles. The molecule has 2 N–H and O–H groups in total. The van der Waals surface area contributed by atoms with Gasteiger partial charge in [0.05, 0.1) is 27.8 Å². The van der Waals surface area contributed by atoms with Crippen LogP contribution >= 0.6 is 11.3 Å². The molecule has 0 saturated carbocycles. The van der Waals surface area contributed by atoms with Gasteiger partial charge in [0.1, 0.15) is 0 Å². The molecular weight excluding hydrogens is 246 g/mol. The predicted molar refractivity (Wildman–Crippen MR) is 77.3 cm³/mol. The Morgan fingerprint density at radius 1 is 1.50 bits per heavy atom. The zero-order valence-electron chi connectivity index (χ0n) is 10.6. The van der Waals surface area contributed by atoms with Crippen LogP contribution in [0.15, 0.2) is 17.6 Å². The van der Waals surface area contributed by atoms with Gasteiger partial charge < -0.3 is 10.6 Å². The Hall–Kier alpha value is -1.62. The summed E-state index contributed by atoms with van der Waals surface area (Å²) >= 11 is 1.62. The molecule has 0 aliphatic carbocycles. The summed E-state index contributed by atoms with van der Waals surface area (Å²) in [7, 11) is 1.86. The molecule has 4 nitrogen and oxygen atoms in total. The summed E-state index contributed by atoms with van der Waals surface area (Å²) in [5.41, 5.74) is 2.66. The Morgan fingerprint density at radius 2 is 2.33 bits per heavy atom. The molecule has 0 aliphatic heterocycles. The summed E-state index contributed by atoms with van der Waals surface area (Å²) in [6, 6.07) is 1.98. The summed E-state index contributed by atoms with van der Waals surface area (Å²) in [5, 5.41) is 8.06. The predicted octanol–water partition coefficient (Wildman–Crippen LogP) is 3.47. The first-order chi connectivity index (χ1) is 8.76. The number of rotatable bonds is 5. The highest BCUT2D eigenvalue weighted by atomic mass is 32.1. The molecule has 0 fully saturated rings. The molecule has 0 spiro atoms. The number of amides is 1. The molecule has 96 valence electrons. The molecule has 5 heteroatoms. The van der Waals surface area contributed by atoms with Gasteiger partial charge in [-0.25, -0.2) is 0 Å². The van der Waals surface area contributed by atoms with Crippen LogP contribution in [0.1, 0.15) is 26.2 Å². The number of thiophene rings is 1. The number of hydrogen-bond donors (Lipinski definition) is 2. The number of anilines is 2. The van der Waals surface area contributed by atoms with E-state index < -0.39 is 0 Å². The lowest BCUT2D eigenvalue weighted by molar-refractivity contribution is -0.116. The smallest absolute Gasteiger partial charge is 0.224 e. The highest BCUT2D eigenvalue weighted by molar-refractivity contribution is 7.17. The molecule has 2 aromatic rings. The summed E-state index contributed by atoms with van der Waals surface area (Å²) < 4.78 is 1.07. The number of nitrogens with zero attached hydrogens (tertiary/aromatic N) is 1. The van der Waals surface area contributed by atoms with E-state index >= 15 is 0 Å². The number of hydrogen-bond acceptors (Lipinski definition) is 4. The van der Waals surface area contributed by atoms with Crippen LogP contribution in [0, 0.1) is 0 Å². The number of carbonyl (C=O) groups is 1. The second kappa shape index (κ2) is 5.82. The van der Waals surface area contributed by atoms with E-state index in [1.54, 1.807) is 17.5 Å². The van der Waals surface area contributed by atoms with Gasteiger partial charge >= 0.3 is 0 Å². The molecule has 2 rings (SSSR count). The van der Waals surface area contributed by atoms with Gasteiger partial charge in [-0.15, -0.1) is 11.3 Å². The van der Waals surface area contributed by atoms with E-state index in [9.17, 15) is 4.79 Å². The SMILES string of the molecule is CCCCC(=O)Nc1cnc2ccsc2c1NC. The highest BCUT2D eigenvalue weighted by Gasteiger charge is 2.11. The Kier molecular flexibility index (Phi) is 4.15. The number of nitrogens with one attached hydrogen (secondary N) is 2. The van der Waals surface area contributed by atoms with Crippen molar-refractivity contribution in [3.05, 3.63) is 17.6 Å². The van der Waals surface area contributed by atoms with Crippen molar-refractivity contribution in [2.45, 2.75) is 26.2 Å². The van der Waals surface area contributed by atoms with Crippen molar-refractivity contribution in [2.75, 3.05) is 17.7 Å². The Bertz CT molecular complexity index is 550. The summed E-state index contributed by atoms with van der Waals surface area (Å²) in [6.07, 6.45) is 4.21. The molecule has 18 heavy (non-hydrogen) atoms. The van der Waals surface area contributed by atoms with Gasteiger partial charge in [-0.3, -0.25) is 9.78 Å². The first-order valence-corrected chi connectivity index (χ1v) is 6.98. The molecule has 0 radical (unpaired) electrons. The van der Waals surface area contributed by atoms with Crippen LogP contribution < -0.4 is 10.6 Å². The molecule has 1 amide bonds. The second-order valence-corrected chi connectivity index (χ2v) is 5.00. The summed E-state index contributed by atoms with van der Waals surface area (Å²) in [6.45, 7) is 2.07. The van der Waals surface area contributed by atoms with E-state index in [4.69, 9.17) is 0 Å². The van der Waals surface area contributed by atoms with Crippen LogP contribution in [-0.2, 0) is 4.79 Å². The first-order valence-electron chi connectivity index (χ1n) is 6.10. The van der Waals surface area contributed by atoms with Crippen molar-refractivity contribution in [3.63, 3.8) is 0 Å². The minimum absolute atomic E-state index is 0.0473. The number of fused-ring (bicyclic) bond motifs is 1. The zero-order chi connectivity index (χ0) is 13.0. The van der Waals surface area contributed by atoms with E-state index in [1.165, 1.54) is 0 Å². The van der Waals surface area contributed by atoms with Gasteiger partial charge in [-0.05, 0) is 17.9 Å². The maximum absolute atomic E-state index is 11.8. The van der Waals surface area contributed by atoms with Gasteiger partial charge in [0.15, 0.2) is 0 Å². The molecule has 2 aromatic heterocycles. The van der Waals surface area contributed by atoms with E-state index in [0.29, 0.717) is 6.42 Å². The summed E-state index contributed by atoms with van der Waals surface area (Å²) in [4.78, 5) is 16.1. The highest BCUT2D eigenvalue weighted by Crippen LogP contribution is 2.33. The first kappa shape index (κ1) is 12.8. The van der Waals surface area contributed by atoms with Gasteiger partial charge in [0.2, 0.25) is 5.91 Å². The van der Waals surface area contributed by atoms with E-state index in [1.807, 2.05) is 18.5 Å². The molecule has 0 bridgehead atoms. The van der Waals surface area contributed by atoms with E-state index in [-0.39, 0.29) is 5.91 Å². The lowest BCUT2D eigenvalue weighted by atomic mass is 10.2. The van der Waals surface area contributed by atoms with Crippen LogP contribution in [0.2, 0.25) is 0 Å². The lowest BCUT2D eigenvalue weighted by Crippen LogP contribution is -2.12. The molecular formula is C13H17N3OS. The number of pyridine rings is 1. The number of aromatic nitrogens is 1. The second-order valence-electron chi connectivity index (χ2n) is 4.08. The lowest BCUT2D eigenvalue weighted by Gasteiger charge is -2.11. The Morgan fingerprint density at radius 3 is 3.06 bits per heavy atom. The molecule has 0 aliphatic rings. The van der Waals surface area contributed by atoms with Gasteiger partial charge in [0.25, 0.3) is 0 Å². The third kappa shape index (κ3) is 2.61. The normalized spacial score (nSPS) is 10.6. The van der Waals surface area contributed by atoms with Crippen molar-refractivity contribution in [3.8, 4) is 0 Å². The standard InChI is InChI=1S/C13H17N3OS/c1-3-4-5-11(17)16-10-8-15-9-6-7-18-13(9)12(10)14-2/h6-8H,3-5H2,1-2H3,(H,14,15)(H,16,17). The van der Waals surface area contributed by atoms with Gasteiger partial charge in [0, 0.05) is 13.5 Å². The van der Waals surface area contributed by atoms with Gasteiger partial charge in [-0.2, -0.15) is 0 Å². The summed E-state index contributed by atoms with van der Waals surface area (Å²) in [5.74, 6) is 0.0473. The van der Waals surface area contributed by atoms with Crippen LogP contribution in [0.4, 0.5) is 11.4 Å². The maximum Gasteiger partial charge on any atom is 0.224 e. The van der Waals surface area contributed by atoms with Crippen LogP contribution in [-0.4, -0.2) is 17.9 Å². The average Bonchev–Trinajstić information content (AvgIpc) is 2.84. The minimum Gasteiger partial charge on any atom is -0.385 e. The largest absolute Gasteiger partial charge is 0.385 e. The number of unbranched alkanes of at least 4 members (excludes halogenated alkanes) is 1. The fraction of sp³-hybridized carbons (Fsp3) is 0.385. The van der Waals surface area contributed by atoms with E-state index in [0.717, 1.165) is 34.4 Å². The Labute approximate surface area is 110 Å². The zero-order valence-corrected chi connectivity index (χ0v) is 11.4. The van der Waals surface area contributed by atoms with Crippen LogP contribution in [0.5, 0.6) is 0 Å². The fourth-order valence-corrected chi connectivity index (χ4v) is 2.71. The molecule has 2 heterocycles. The topological polar surface area (TPSA) is 54.0 Å². The van der Waals surface area contributed by atoms with Crippen molar-refractivity contribution in [2.24, 2.45) is 0 Å². The molecule has 0 saturated heterocycles. The minimum atomic E-state index is 0.0473. The Balaban J connectivity index is 2.24. The third-order valence-corrected chi connectivity index (χ3v) is 3.68. The third-order valence-electron chi connectivity index (χ3n) is 2.76. The molecule has 0 atom stereocenters. The van der Waals surface area contributed by atoms with Crippen molar-refractivity contribution in [1.29, 1.82) is 0 Å². The molecule has 0 unspecified atom stereocenters. The monoisotopic (exact) mass is 263 g/mol. The van der Waals surface area contributed by atoms with Crippen molar-refractivity contribution in [1.82, 2.24) is 4.98 Å². The number of carbonyl (C=O) groups excluding carboxylic acids is 1. The van der Waals surface area contributed by atoms with E-state index in [2.05, 4.69) is 22.5 Å². The quantitative estimate of drug-likeness (QED) is 0.868. The van der Waals surface area contributed by atoms with Gasteiger partial charge in [-0.1, -0.05) is 13.3 Å². The van der Waals surface area contributed by atoms with Crippen molar-refractivity contribution >= 4 is 38.8 Å². The van der Waals surface area contributed by atoms with Crippen LogP contribution in [0.25, 0.3) is 10.2 Å². The average molecular weight is 263 g/mol. The maximum atomic E-state index is 11.8.